The minimum absolute atomic E-state index is 0.0636. The van der Waals surface area contributed by atoms with Crippen molar-refractivity contribution in [3.8, 4) is 11.1 Å². The third-order valence-electron chi connectivity index (χ3n) is 4.56. The van der Waals surface area contributed by atoms with Crippen LogP contribution in [0.4, 0.5) is 8.78 Å². The van der Waals surface area contributed by atoms with Gasteiger partial charge in [0, 0.05) is 43.6 Å². The Morgan fingerprint density at radius 2 is 1.79 bits per heavy atom. The fraction of sp³-hybridized carbons (Fsp3) is 0.444. The predicted octanol–water partition coefficient (Wildman–Crippen LogP) is 2.87. The first kappa shape index (κ1) is 16.9. The van der Waals surface area contributed by atoms with Gasteiger partial charge in [-0.25, -0.2) is 18.7 Å². The van der Waals surface area contributed by atoms with Gasteiger partial charge in [-0.2, -0.15) is 0 Å². The van der Waals surface area contributed by atoms with Crippen molar-refractivity contribution in [1.82, 2.24) is 19.8 Å². The van der Waals surface area contributed by atoms with Crippen LogP contribution in [0.3, 0.4) is 0 Å². The van der Waals surface area contributed by atoms with E-state index in [-0.39, 0.29) is 5.56 Å². The van der Waals surface area contributed by atoms with Crippen molar-refractivity contribution in [1.29, 1.82) is 0 Å². The lowest BCUT2D eigenvalue weighted by atomic mass is 10.0. The van der Waals surface area contributed by atoms with Crippen molar-refractivity contribution in [2.75, 3.05) is 27.2 Å². The average molecular weight is 332 g/mol. The summed E-state index contributed by atoms with van der Waals surface area (Å²) in [4.78, 5) is 12.4. The van der Waals surface area contributed by atoms with Crippen LogP contribution in [-0.2, 0) is 6.54 Å². The van der Waals surface area contributed by atoms with Gasteiger partial charge in [-0.1, -0.05) is 0 Å². The van der Waals surface area contributed by atoms with Crippen LogP contribution in [0.5, 0.6) is 0 Å². The molecule has 1 atom stereocenters. The van der Waals surface area contributed by atoms with Crippen molar-refractivity contribution in [3.63, 3.8) is 0 Å². The predicted molar refractivity (Wildman–Crippen MR) is 89.5 cm³/mol. The van der Waals surface area contributed by atoms with Crippen LogP contribution >= 0.6 is 0 Å². The SMILES string of the molecule is Cc1ncc(-c2c(F)cc(CN3CCC(N(C)C)C3)cc2F)cn1. The van der Waals surface area contributed by atoms with Crippen LogP contribution in [-0.4, -0.2) is 53.0 Å². The number of aromatic nitrogens is 2. The van der Waals surface area contributed by atoms with Gasteiger partial charge in [0.2, 0.25) is 0 Å². The first-order valence-corrected chi connectivity index (χ1v) is 8.09. The Balaban J connectivity index is 1.79. The van der Waals surface area contributed by atoms with Crippen molar-refractivity contribution < 1.29 is 8.78 Å². The summed E-state index contributed by atoms with van der Waals surface area (Å²) < 4.78 is 28.9. The molecule has 24 heavy (non-hydrogen) atoms. The summed E-state index contributed by atoms with van der Waals surface area (Å²) in [6, 6.07) is 3.34. The Hall–Kier alpha value is -1.92. The Bertz CT molecular complexity index is 692. The maximum absolute atomic E-state index is 14.5. The summed E-state index contributed by atoms with van der Waals surface area (Å²) in [6.45, 7) is 4.16. The fourth-order valence-electron chi connectivity index (χ4n) is 3.15. The molecular formula is C18H22F2N4. The van der Waals surface area contributed by atoms with E-state index in [1.54, 1.807) is 6.92 Å². The third-order valence-corrected chi connectivity index (χ3v) is 4.56. The second-order valence-electron chi connectivity index (χ2n) is 6.59. The van der Waals surface area contributed by atoms with Crippen LogP contribution in [0.25, 0.3) is 11.1 Å². The highest BCUT2D eigenvalue weighted by atomic mass is 19.1. The van der Waals surface area contributed by atoms with Gasteiger partial charge in [0.05, 0.1) is 5.56 Å². The standard InChI is InChI=1S/C18H22F2N4/c1-12-21-8-14(9-22-12)18-16(19)6-13(7-17(18)20)10-24-5-4-15(11-24)23(2)3/h6-9,15H,4-5,10-11H2,1-3H3. The maximum atomic E-state index is 14.5. The van der Waals surface area contributed by atoms with E-state index in [4.69, 9.17) is 0 Å². The lowest BCUT2D eigenvalue weighted by molar-refractivity contribution is 0.264. The molecule has 6 heteroatoms. The highest BCUT2D eigenvalue weighted by Gasteiger charge is 2.24. The molecule has 128 valence electrons. The summed E-state index contributed by atoms with van der Waals surface area (Å²) in [7, 11) is 4.12. The lowest BCUT2D eigenvalue weighted by Crippen LogP contribution is -2.31. The Kier molecular flexibility index (Phi) is 4.87. The quantitative estimate of drug-likeness (QED) is 0.862. The fourth-order valence-corrected chi connectivity index (χ4v) is 3.15. The van der Waals surface area contributed by atoms with E-state index in [2.05, 4.69) is 33.9 Å². The van der Waals surface area contributed by atoms with E-state index < -0.39 is 11.6 Å². The molecule has 0 saturated carbocycles. The zero-order valence-corrected chi connectivity index (χ0v) is 14.3. The van der Waals surface area contributed by atoms with E-state index in [0.29, 0.717) is 29.5 Å². The second kappa shape index (κ2) is 6.91. The minimum atomic E-state index is -0.569. The molecule has 0 bridgehead atoms. The summed E-state index contributed by atoms with van der Waals surface area (Å²) in [5, 5.41) is 0. The van der Waals surface area contributed by atoms with E-state index in [0.717, 1.165) is 19.5 Å². The number of rotatable bonds is 4. The molecule has 3 rings (SSSR count). The largest absolute Gasteiger partial charge is 0.305 e. The van der Waals surface area contributed by atoms with Gasteiger partial charge < -0.3 is 4.90 Å². The topological polar surface area (TPSA) is 32.3 Å². The van der Waals surface area contributed by atoms with Crippen molar-refractivity contribution >= 4 is 0 Å². The molecule has 1 fully saturated rings. The first-order chi connectivity index (χ1) is 11.4. The number of benzene rings is 1. The van der Waals surface area contributed by atoms with Gasteiger partial charge in [0.15, 0.2) is 0 Å². The molecule has 4 nitrogen and oxygen atoms in total. The molecule has 0 aliphatic carbocycles. The van der Waals surface area contributed by atoms with Gasteiger partial charge in [-0.05, 0) is 45.1 Å². The lowest BCUT2D eigenvalue weighted by Gasteiger charge is -2.20. The molecule has 1 unspecified atom stereocenters. The molecule has 2 aromatic rings. The molecule has 0 spiro atoms. The van der Waals surface area contributed by atoms with Crippen LogP contribution in [0, 0.1) is 18.6 Å². The molecule has 1 saturated heterocycles. The van der Waals surface area contributed by atoms with Crippen molar-refractivity contribution in [2.24, 2.45) is 0 Å². The van der Waals surface area contributed by atoms with E-state index >= 15 is 0 Å². The molecule has 2 heterocycles. The van der Waals surface area contributed by atoms with Crippen molar-refractivity contribution in [3.05, 3.63) is 47.5 Å². The van der Waals surface area contributed by atoms with Gasteiger partial charge in [0.1, 0.15) is 17.5 Å². The van der Waals surface area contributed by atoms with Crippen molar-refractivity contribution in [2.45, 2.75) is 25.9 Å². The minimum Gasteiger partial charge on any atom is -0.305 e. The molecule has 0 radical (unpaired) electrons. The van der Waals surface area contributed by atoms with Gasteiger partial charge in [-0.3, -0.25) is 4.90 Å². The molecule has 1 aromatic carbocycles. The molecule has 1 aliphatic rings. The third kappa shape index (κ3) is 3.60. The Morgan fingerprint density at radius 3 is 2.33 bits per heavy atom. The number of hydrogen-bond donors (Lipinski definition) is 0. The number of likely N-dealkylation sites (tertiary alicyclic amines) is 1. The number of hydrogen-bond acceptors (Lipinski definition) is 4. The zero-order valence-electron chi connectivity index (χ0n) is 14.3. The normalized spacial score (nSPS) is 18.5. The zero-order chi connectivity index (χ0) is 17.3. The summed E-state index contributed by atoms with van der Waals surface area (Å²) in [5.74, 6) is -0.567. The molecule has 0 amide bonds. The number of likely N-dealkylation sites (N-methyl/N-ethyl adjacent to an activating group) is 1. The number of aryl methyl sites for hydroxylation is 1. The van der Waals surface area contributed by atoms with Crippen LogP contribution < -0.4 is 0 Å². The number of nitrogens with zero attached hydrogens (tertiary/aromatic N) is 4. The molecule has 0 N–H and O–H groups in total. The maximum Gasteiger partial charge on any atom is 0.134 e. The molecular weight excluding hydrogens is 310 g/mol. The van der Waals surface area contributed by atoms with E-state index in [1.165, 1.54) is 24.5 Å². The summed E-state index contributed by atoms with van der Waals surface area (Å²) in [5.41, 5.74) is 0.948. The van der Waals surface area contributed by atoms with Gasteiger partial charge in [-0.15, -0.1) is 0 Å². The van der Waals surface area contributed by atoms with Crippen LogP contribution in [0.1, 0.15) is 17.8 Å². The highest BCUT2D eigenvalue weighted by Crippen LogP contribution is 2.27. The highest BCUT2D eigenvalue weighted by molar-refractivity contribution is 5.63. The van der Waals surface area contributed by atoms with E-state index in [9.17, 15) is 8.78 Å². The molecule has 1 aliphatic heterocycles. The Morgan fingerprint density at radius 1 is 1.17 bits per heavy atom. The monoisotopic (exact) mass is 332 g/mol. The smallest absolute Gasteiger partial charge is 0.134 e. The second-order valence-corrected chi connectivity index (χ2v) is 6.59. The first-order valence-electron chi connectivity index (χ1n) is 8.09. The van der Waals surface area contributed by atoms with Crippen LogP contribution in [0.15, 0.2) is 24.5 Å². The van der Waals surface area contributed by atoms with Crippen LogP contribution in [0.2, 0.25) is 0 Å². The van der Waals surface area contributed by atoms with Gasteiger partial charge in [0.25, 0.3) is 0 Å². The molecule has 1 aromatic heterocycles. The summed E-state index contributed by atoms with van der Waals surface area (Å²) in [6.07, 6.45) is 3.98. The average Bonchev–Trinajstić information content (AvgIpc) is 2.97. The number of halogens is 2. The Labute approximate surface area is 141 Å². The summed E-state index contributed by atoms with van der Waals surface area (Å²) >= 11 is 0. The van der Waals surface area contributed by atoms with Gasteiger partial charge >= 0.3 is 0 Å². The van der Waals surface area contributed by atoms with E-state index in [1.807, 2.05) is 0 Å².